The Labute approximate surface area is 102 Å². The first-order chi connectivity index (χ1) is 7.22. The maximum atomic E-state index is 4.41. The molecule has 2 aromatic rings. The van der Waals surface area contributed by atoms with Gasteiger partial charge in [-0.3, -0.25) is 0 Å². The highest BCUT2D eigenvalue weighted by molar-refractivity contribution is 14.1. The summed E-state index contributed by atoms with van der Waals surface area (Å²) >= 11 is 2.28. The first kappa shape index (κ1) is 10.8. The van der Waals surface area contributed by atoms with E-state index < -0.39 is 0 Å². The molecule has 0 bridgehead atoms. The molecular weight excluding hydrogens is 303 g/mol. The Morgan fingerprint density at radius 3 is 3.07 bits per heavy atom. The third kappa shape index (κ3) is 2.12. The van der Waals surface area contributed by atoms with Crippen molar-refractivity contribution in [2.24, 2.45) is 0 Å². The molecule has 0 aromatic carbocycles. The molecule has 0 radical (unpaired) electrons. The van der Waals surface area contributed by atoms with Gasteiger partial charge in [-0.05, 0) is 36.1 Å². The van der Waals surface area contributed by atoms with E-state index in [0.717, 1.165) is 33.6 Å². The van der Waals surface area contributed by atoms with Crippen LogP contribution in [0.15, 0.2) is 12.4 Å². The highest BCUT2D eigenvalue weighted by Crippen LogP contribution is 2.15. The molecule has 0 aliphatic heterocycles. The van der Waals surface area contributed by atoms with Crippen molar-refractivity contribution in [1.82, 2.24) is 19.9 Å². The van der Waals surface area contributed by atoms with Crippen LogP contribution >= 0.6 is 22.6 Å². The van der Waals surface area contributed by atoms with Gasteiger partial charge in [0.2, 0.25) is 0 Å². The number of aryl methyl sites for hydroxylation is 1. The predicted molar refractivity (Wildman–Crippen MR) is 67.8 cm³/mol. The van der Waals surface area contributed by atoms with Crippen molar-refractivity contribution in [3.05, 3.63) is 27.2 Å². The maximum Gasteiger partial charge on any atom is 0.168 e. The third-order valence-corrected chi connectivity index (χ3v) is 3.47. The fraction of sp³-hybridized carbons (Fsp3) is 0.400. The third-order valence-electron chi connectivity index (χ3n) is 2.21. The van der Waals surface area contributed by atoms with Gasteiger partial charge in [-0.25, -0.2) is 9.50 Å². The van der Waals surface area contributed by atoms with Crippen molar-refractivity contribution in [2.75, 3.05) is 6.54 Å². The second-order valence-corrected chi connectivity index (χ2v) is 4.49. The molecule has 0 atom stereocenters. The zero-order valence-electron chi connectivity index (χ0n) is 8.79. The standard InChI is InChI=1S/C10H13IN4/c1-3-12-4-8-5-13-10-9(11)7(2)14-15(10)6-8/h5-6,12H,3-4H2,1-2H3. The fourth-order valence-corrected chi connectivity index (χ4v) is 1.91. The largest absolute Gasteiger partial charge is 0.313 e. The summed E-state index contributed by atoms with van der Waals surface area (Å²) in [6, 6.07) is 0. The Hall–Kier alpha value is -0.690. The molecule has 0 saturated heterocycles. The summed E-state index contributed by atoms with van der Waals surface area (Å²) in [6.07, 6.45) is 3.93. The van der Waals surface area contributed by atoms with Crippen LogP contribution in [0.4, 0.5) is 0 Å². The minimum Gasteiger partial charge on any atom is -0.313 e. The van der Waals surface area contributed by atoms with E-state index >= 15 is 0 Å². The van der Waals surface area contributed by atoms with Crippen molar-refractivity contribution in [2.45, 2.75) is 20.4 Å². The Morgan fingerprint density at radius 2 is 2.33 bits per heavy atom. The molecular formula is C10H13IN4. The summed E-state index contributed by atoms with van der Waals surface area (Å²) in [5, 5.41) is 7.67. The molecule has 0 unspecified atom stereocenters. The molecule has 0 aliphatic rings. The number of nitrogens with zero attached hydrogens (tertiary/aromatic N) is 3. The molecule has 0 saturated carbocycles. The van der Waals surface area contributed by atoms with Crippen molar-refractivity contribution in [3.8, 4) is 0 Å². The zero-order chi connectivity index (χ0) is 10.8. The zero-order valence-corrected chi connectivity index (χ0v) is 10.9. The van der Waals surface area contributed by atoms with Gasteiger partial charge in [0.1, 0.15) is 0 Å². The van der Waals surface area contributed by atoms with Gasteiger partial charge in [0.15, 0.2) is 5.65 Å². The Morgan fingerprint density at radius 1 is 1.53 bits per heavy atom. The molecule has 0 spiro atoms. The van der Waals surface area contributed by atoms with E-state index in [1.165, 1.54) is 0 Å². The van der Waals surface area contributed by atoms with Crippen molar-refractivity contribution >= 4 is 28.2 Å². The summed E-state index contributed by atoms with van der Waals surface area (Å²) in [5.74, 6) is 0. The minimum absolute atomic E-state index is 0.842. The lowest BCUT2D eigenvalue weighted by atomic mass is 10.3. The normalized spacial score (nSPS) is 11.1. The second kappa shape index (κ2) is 4.44. The predicted octanol–water partition coefficient (Wildman–Crippen LogP) is 1.75. The van der Waals surface area contributed by atoms with E-state index in [1.807, 2.05) is 23.8 Å². The lowest BCUT2D eigenvalue weighted by molar-refractivity contribution is 0.716. The van der Waals surface area contributed by atoms with Gasteiger partial charge in [-0.15, -0.1) is 0 Å². The average Bonchev–Trinajstić information content (AvgIpc) is 2.52. The minimum atomic E-state index is 0.842. The number of fused-ring (bicyclic) bond motifs is 1. The van der Waals surface area contributed by atoms with Crippen molar-refractivity contribution < 1.29 is 0 Å². The lowest BCUT2D eigenvalue weighted by Gasteiger charge is -2.01. The molecule has 0 fully saturated rings. The SMILES string of the molecule is CCNCc1cnc2c(I)c(C)nn2c1. The molecule has 2 heterocycles. The molecule has 15 heavy (non-hydrogen) atoms. The molecule has 5 heteroatoms. The summed E-state index contributed by atoms with van der Waals surface area (Å²) in [5.41, 5.74) is 3.13. The maximum absolute atomic E-state index is 4.41. The molecule has 2 aromatic heterocycles. The van der Waals surface area contributed by atoms with E-state index in [1.54, 1.807) is 0 Å². The summed E-state index contributed by atoms with van der Waals surface area (Å²) in [7, 11) is 0. The molecule has 0 amide bonds. The number of aromatic nitrogens is 3. The smallest absolute Gasteiger partial charge is 0.168 e. The fourth-order valence-electron chi connectivity index (χ4n) is 1.42. The van der Waals surface area contributed by atoms with Gasteiger partial charge >= 0.3 is 0 Å². The van der Waals surface area contributed by atoms with Gasteiger partial charge in [0.05, 0.1) is 9.26 Å². The summed E-state index contributed by atoms with van der Waals surface area (Å²) < 4.78 is 2.98. The topological polar surface area (TPSA) is 42.2 Å². The Kier molecular flexibility index (Phi) is 3.20. The number of nitrogens with one attached hydrogen (secondary N) is 1. The number of rotatable bonds is 3. The monoisotopic (exact) mass is 316 g/mol. The van der Waals surface area contributed by atoms with Gasteiger partial charge in [-0.1, -0.05) is 6.92 Å². The van der Waals surface area contributed by atoms with E-state index in [-0.39, 0.29) is 0 Å². The Balaban J connectivity index is 2.39. The van der Waals surface area contributed by atoms with E-state index in [4.69, 9.17) is 0 Å². The molecule has 2 rings (SSSR count). The van der Waals surface area contributed by atoms with Crippen LogP contribution < -0.4 is 5.32 Å². The second-order valence-electron chi connectivity index (χ2n) is 3.41. The number of halogens is 1. The van der Waals surface area contributed by atoms with Crippen molar-refractivity contribution in [3.63, 3.8) is 0 Å². The highest BCUT2D eigenvalue weighted by Gasteiger charge is 2.07. The van der Waals surface area contributed by atoms with Crippen molar-refractivity contribution in [1.29, 1.82) is 0 Å². The van der Waals surface area contributed by atoms with Crippen LogP contribution in [0.5, 0.6) is 0 Å². The summed E-state index contributed by atoms with van der Waals surface area (Å²) in [4.78, 5) is 4.41. The van der Waals surface area contributed by atoms with E-state index in [2.05, 4.69) is 44.9 Å². The van der Waals surface area contributed by atoms with E-state index in [0.29, 0.717) is 0 Å². The van der Waals surface area contributed by atoms with Crippen LogP contribution in [-0.2, 0) is 6.54 Å². The summed E-state index contributed by atoms with van der Waals surface area (Å²) in [6.45, 7) is 5.90. The molecule has 80 valence electrons. The number of hydrogen-bond donors (Lipinski definition) is 1. The van der Waals surface area contributed by atoms with Crippen LogP contribution in [-0.4, -0.2) is 21.1 Å². The van der Waals surface area contributed by atoms with Gasteiger partial charge < -0.3 is 5.32 Å². The van der Waals surface area contributed by atoms with Gasteiger partial charge in [-0.2, -0.15) is 5.10 Å². The average molecular weight is 316 g/mol. The van der Waals surface area contributed by atoms with Gasteiger partial charge in [0.25, 0.3) is 0 Å². The molecule has 1 N–H and O–H groups in total. The molecule has 4 nitrogen and oxygen atoms in total. The quantitative estimate of drug-likeness (QED) is 0.878. The van der Waals surface area contributed by atoms with Crippen LogP contribution in [0.25, 0.3) is 5.65 Å². The van der Waals surface area contributed by atoms with Crippen LogP contribution in [0, 0.1) is 10.5 Å². The van der Waals surface area contributed by atoms with Crippen LogP contribution in [0.1, 0.15) is 18.2 Å². The Bertz CT molecular complexity index is 477. The first-order valence-corrected chi connectivity index (χ1v) is 6.00. The lowest BCUT2D eigenvalue weighted by Crippen LogP contribution is -2.12. The van der Waals surface area contributed by atoms with Gasteiger partial charge in [0, 0.05) is 24.5 Å². The molecule has 0 aliphatic carbocycles. The van der Waals surface area contributed by atoms with E-state index in [9.17, 15) is 0 Å². The first-order valence-electron chi connectivity index (χ1n) is 4.92. The highest BCUT2D eigenvalue weighted by atomic mass is 127. The van der Waals surface area contributed by atoms with Crippen LogP contribution in [0.3, 0.4) is 0 Å². The number of hydrogen-bond acceptors (Lipinski definition) is 3. The van der Waals surface area contributed by atoms with Crippen LogP contribution in [0.2, 0.25) is 0 Å².